The van der Waals surface area contributed by atoms with Crippen molar-refractivity contribution >= 4 is 37.9 Å². The molecule has 4 rings (SSSR count). The third-order valence-corrected chi connectivity index (χ3v) is 4.43. The summed E-state index contributed by atoms with van der Waals surface area (Å²) in [6.07, 6.45) is 0. The molecule has 0 bridgehead atoms. The van der Waals surface area contributed by atoms with E-state index in [0.717, 1.165) is 9.86 Å². The van der Waals surface area contributed by atoms with Gasteiger partial charge in [-0.05, 0) is 36.4 Å². The lowest BCUT2D eigenvalue weighted by Crippen LogP contribution is -2.06. The highest BCUT2D eigenvalue weighted by Gasteiger charge is 2.14. The summed E-state index contributed by atoms with van der Waals surface area (Å²) in [7, 11) is 1.53. The van der Waals surface area contributed by atoms with Gasteiger partial charge in [0.2, 0.25) is 0 Å². The van der Waals surface area contributed by atoms with Crippen molar-refractivity contribution in [2.45, 2.75) is 0 Å². The van der Waals surface area contributed by atoms with Gasteiger partial charge in [-0.25, -0.2) is 9.59 Å². The molecule has 4 aromatic rings. The van der Waals surface area contributed by atoms with E-state index < -0.39 is 11.3 Å². The molecule has 25 heavy (non-hydrogen) atoms. The first kappa shape index (κ1) is 15.7. The first-order valence-electron chi connectivity index (χ1n) is 7.41. The van der Waals surface area contributed by atoms with Crippen LogP contribution in [0.5, 0.6) is 5.75 Å². The smallest absolute Gasteiger partial charge is 0.344 e. The molecule has 0 aliphatic rings. The Morgan fingerprint density at radius 3 is 2.52 bits per heavy atom. The van der Waals surface area contributed by atoms with E-state index in [1.807, 2.05) is 6.07 Å². The summed E-state index contributed by atoms with van der Waals surface area (Å²) >= 11 is 3.40. The number of methoxy groups -OCH3 is 1. The van der Waals surface area contributed by atoms with Crippen molar-refractivity contribution in [3.8, 4) is 16.9 Å². The zero-order chi connectivity index (χ0) is 17.6. The van der Waals surface area contributed by atoms with Gasteiger partial charge in [0, 0.05) is 32.9 Å². The molecule has 0 aliphatic carbocycles. The van der Waals surface area contributed by atoms with Crippen molar-refractivity contribution in [3.05, 3.63) is 73.8 Å². The molecule has 0 fully saturated rings. The van der Waals surface area contributed by atoms with Crippen LogP contribution in [0.15, 0.2) is 71.4 Å². The maximum absolute atomic E-state index is 12.5. The van der Waals surface area contributed by atoms with Crippen molar-refractivity contribution in [1.29, 1.82) is 0 Å². The molecule has 0 N–H and O–H groups in total. The Kier molecular flexibility index (Phi) is 3.69. The predicted molar refractivity (Wildman–Crippen MR) is 98.2 cm³/mol. The van der Waals surface area contributed by atoms with Crippen LogP contribution >= 0.6 is 15.9 Å². The molecule has 5 nitrogen and oxygen atoms in total. The quantitative estimate of drug-likeness (QED) is 0.469. The molecule has 0 amide bonds. The van der Waals surface area contributed by atoms with E-state index in [0.29, 0.717) is 33.4 Å². The fourth-order valence-corrected chi connectivity index (χ4v) is 3.15. The Hall–Kier alpha value is -2.86. The van der Waals surface area contributed by atoms with Crippen molar-refractivity contribution < 1.29 is 13.6 Å². The fourth-order valence-electron chi connectivity index (χ4n) is 2.77. The molecule has 0 saturated carbocycles. The molecule has 0 spiro atoms. The Morgan fingerprint density at radius 2 is 1.72 bits per heavy atom. The Labute approximate surface area is 149 Å². The molecular formula is C19H11BrO5. The molecule has 124 valence electrons. The summed E-state index contributed by atoms with van der Waals surface area (Å²) in [6.45, 7) is 0. The molecule has 0 atom stereocenters. The molecule has 0 radical (unpaired) electrons. The van der Waals surface area contributed by atoms with Gasteiger partial charge in [-0.3, -0.25) is 0 Å². The minimum Gasteiger partial charge on any atom is -0.497 e. The van der Waals surface area contributed by atoms with Crippen LogP contribution in [-0.2, 0) is 0 Å². The van der Waals surface area contributed by atoms with Crippen LogP contribution in [0.2, 0.25) is 0 Å². The van der Waals surface area contributed by atoms with Gasteiger partial charge in [-0.15, -0.1) is 0 Å². The first-order valence-corrected chi connectivity index (χ1v) is 8.20. The lowest BCUT2D eigenvalue weighted by molar-refractivity contribution is 0.414. The summed E-state index contributed by atoms with van der Waals surface area (Å²) in [5.41, 5.74) is 0.515. The second-order valence-corrected chi connectivity index (χ2v) is 6.39. The lowest BCUT2D eigenvalue weighted by atomic mass is 10.0. The first-order chi connectivity index (χ1) is 12.0. The molecule has 0 aliphatic heterocycles. The SMILES string of the molecule is COc1ccc2c(-c3cc4cc(Br)ccc4oc3=O)cc(=O)oc2c1. The van der Waals surface area contributed by atoms with Gasteiger partial charge in [0.15, 0.2) is 0 Å². The van der Waals surface area contributed by atoms with Gasteiger partial charge in [-0.1, -0.05) is 15.9 Å². The summed E-state index contributed by atoms with van der Waals surface area (Å²) in [5.74, 6) is 0.558. The monoisotopic (exact) mass is 398 g/mol. The summed E-state index contributed by atoms with van der Waals surface area (Å²) in [6, 6.07) is 13.5. The van der Waals surface area contributed by atoms with Crippen LogP contribution in [0.4, 0.5) is 0 Å². The topological polar surface area (TPSA) is 69.7 Å². The van der Waals surface area contributed by atoms with E-state index in [9.17, 15) is 9.59 Å². The summed E-state index contributed by atoms with van der Waals surface area (Å²) in [4.78, 5) is 24.4. The number of ether oxygens (including phenoxy) is 1. The normalized spacial score (nSPS) is 11.1. The van der Waals surface area contributed by atoms with Crippen LogP contribution < -0.4 is 16.0 Å². The van der Waals surface area contributed by atoms with Crippen LogP contribution in [0.3, 0.4) is 0 Å². The molecule has 0 saturated heterocycles. The van der Waals surface area contributed by atoms with E-state index in [2.05, 4.69) is 15.9 Å². The zero-order valence-corrected chi connectivity index (χ0v) is 14.6. The Bertz CT molecular complexity index is 1240. The molecule has 2 aromatic heterocycles. The molecule has 6 heteroatoms. The molecule has 2 heterocycles. The van der Waals surface area contributed by atoms with Crippen LogP contribution in [0.1, 0.15) is 0 Å². The van der Waals surface area contributed by atoms with Gasteiger partial charge in [0.1, 0.15) is 16.9 Å². The van der Waals surface area contributed by atoms with Crippen LogP contribution in [-0.4, -0.2) is 7.11 Å². The maximum Gasteiger partial charge on any atom is 0.344 e. The highest BCUT2D eigenvalue weighted by Crippen LogP contribution is 2.30. The highest BCUT2D eigenvalue weighted by molar-refractivity contribution is 9.10. The summed E-state index contributed by atoms with van der Waals surface area (Å²) in [5, 5.41) is 1.38. The molecule has 2 aromatic carbocycles. The molecular weight excluding hydrogens is 388 g/mol. The van der Waals surface area contributed by atoms with Gasteiger partial charge >= 0.3 is 11.3 Å². The van der Waals surface area contributed by atoms with E-state index in [-0.39, 0.29) is 0 Å². The van der Waals surface area contributed by atoms with Crippen LogP contribution in [0, 0.1) is 0 Å². The van der Waals surface area contributed by atoms with E-state index >= 15 is 0 Å². The largest absolute Gasteiger partial charge is 0.497 e. The van der Waals surface area contributed by atoms with Crippen molar-refractivity contribution in [1.82, 2.24) is 0 Å². The van der Waals surface area contributed by atoms with Crippen LogP contribution in [0.25, 0.3) is 33.1 Å². The Morgan fingerprint density at radius 1 is 0.880 bits per heavy atom. The van der Waals surface area contributed by atoms with Gasteiger partial charge < -0.3 is 13.6 Å². The predicted octanol–water partition coefficient (Wildman–Crippen LogP) is 4.34. The fraction of sp³-hybridized carbons (Fsp3) is 0.0526. The van der Waals surface area contributed by atoms with Crippen molar-refractivity contribution in [2.75, 3.05) is 7.11 Å². The van der Waals surface area contributed by atoms with Crippen molar-refractivity contribution in [2.24, 2.45) is 0 Å². The molecule has 0 unspecified atom stereocenters. The third kappa shape index (κ3) is 2.74. The zero-order valence-electron chi connectivity index (χ0n) is 13.0. The number of rotatable bonds is 2. The standard InChI is InChI=1S/C19H11BrO5/c1-23-12-3-4-13-14(9-18(21)24-17(13)8-12)15-7-10-6-11(20)2-5-16(10)25-19(15)22/h2-9H,1H3. The van der Waals surface area contributed by atoms with E-state index in [1.54, 1.807) is 36.4 Å². The number of fused-ring (bicyclic) bond motifs is 2. The van der Waals surface area contributed by atoms with Gasteiger partial charge in [0.05, 0.1) is 12.7 Å². The average Bonchev–Trinajstić information content (AvgIpc) is 2.60. The number of hydrogen-bond donors (Lipinski definition) is 0. The van der Waals surface area contributed by atoms with E-state index in [4.69, 9.17) is 13.6 Å². The lowest BCUT2D eigenvalue weighted by Gasteiger charge is -2.07. The van der Waals surface area contributed by atoms with Gasteiger partial charge in [0.25, 0.3) is 0 Å². The Balaban J connectivity index is 2.07. The maximum atomic E-state index is 12.5. The van der Waals surface area contributed by atoms with E-state index in [1.165, 1.54) is 13.2 Å². The highest BCUT2D eigenvalue weighted by atomic mass is 79.9. The number of halogens is 1. The van der Waals surface area contributed by atoms with Gasteiger partial charge in [-0.2, -0.15) is 0 Å². The average molecular weight is 399 g/mol. The third-order valence-electron chi connectivity index (χ3n) is 3.94. The number of hydrogen-bond acceptors (Lipinski definition) is 5. The second-order valence-electron chi connectivity index (χ2n) is 5.47. The second kappa shape index (κ2) is 5.89. The van der Waals surface area contributed by atoms with Crippen molar-refractivity contribution in [3.63, 3.8) is 0 Å². The minimum atomic E-state index is -0.551. The minimum absolute atomic E-state index is 0.300. The summed E-state index contributed by atoms with van der Waals surface area (Å²) < 4.78 is 16.7. The number of benzene rings is 2.